The van der Waals surface area contributed by atoms with Gasteiger partial charge in [0.05, 0.1) is 6.54 Å². The summed E-state index contributed by atoms with van der Waals surface area (Å²) in [6.45, 7) is 6.28. The van der Waals surface area contributed by atoms with Crippen LogP contribution in [0.5, 0.6) is 11.5 Å². The van der Waals surface area contributed by atoms with Crippen molar-refractivity contribution in [2.75, 3.05) is 39.8 Å². The number of likely N-dealkylation sites (N-methyl/N-ethyl adjacent to an activating group) is 1. The second kappa shape index (κ2) is 10.3. The summed E-state index contributed by atoms with van der Waals surface area (Å²) in [5.74, 6) is 1.09. The van der Waals surface area contributed by atoms with E-state index in [2.05, 4.69) is 4.90 Å². The lowest BCUT2D eigenvalue weighted by atomic mass is 10.1. The van der Waals surface area contributed by atoms with Crippen LogP contribution in [0.25, 0.3) is 0 Å². The molecule has 1 saturated heterocycles. The summed E-state index contributed by atoms with van der Waals surface area (Å²) >= 11 is 0. The molecule has 1 amide bonds. The van der Waals surface area contributed by atoms with Crippen molar-refractivity contribution in [3.05, 3.63) is 23.8 Å². The van der Waals surface area contributed by atoms with Crippen molar-refractivity contribution in [2.24, 2.45) is 0 Å². The number of hydrogen-bond donors (Lipinski definition) is 0. The van der Waals surface area contributed by atoms with Gasteiger partial charge in [0.25, 0.3) is 0 Å². The third kappa shape index (κ3) is 6.00. The maximum Gasteiger partial charge on any atom is 0.412 e. The Kier molecular flexibility index (Phi) is 7.57. The second-order valence-corrected chi connectivity index (χ2v) is 7.41. The average Bonchev–Trinajstić information content (AvgIpc) is 3.17. The fourth-order valence-electron chi connectivity index (χ4n) is 3.71. The van der Waals surface area contributed by atoms with Crippen molar-refractivity contribution in [1.82, 2.24) is 9.80 Å². The number of carbonyl (C=O) groups excluding carboxylic acids is 2. The number of nitrogens with zero attached hydrogens (tertiary/aromatic N) is 2. The van der Waals surface area contributed by atoms with Crippen LogP contribution in [-0.4, -0.2) is 67.7 Å². The number of benzene rings is 1. The van der Waals surface area contributed by atoms with Crippen LogP contribution >= 0.6 is 0 Å². The predicted octanol–water partition coefficient (Wildman–Crippen LogP) is 2.79. The molecule has 0 aromatic heterocycles. The van der Waals surface area contributed by atoms with Crippen LogP contribution in [0.2, 0.25) is 0 Å². The molecule has 160 valence electrons. The Morgan fingerprint density at radius 1 is 1.14 bits per heavy atom. The summed E-state index contributed by atoms with van der Waals surface area (Å²) in [6, 6.07) is 5.68. The first-order valence-electron chi connectivity index (χ1n) is 10.3. The molecule has 2 heterocycles. The van der Waals surface area contributed by atoms with E-state index in [-0.39, 0.29) is 32.1 Å². The maximum atomic E-state index is 12.4. The minimum atomic E-state index is -0.494. The van der Waals surface area contributed by atoms with Gasteiger partial charge in [-0.1, -0.05) is 12.5 Å². The fraction of sp³-hybridized carbons (Fsp3) is 0.619. The molecule has 0 bridgehead atoms. The quantitative estimate of drug-likeness (QED) is 0.485. The molecule has 1 unspecified atom stereocenters. The van der Waals surface area contributed by atoms with Gasteiger partial charge in [-0.2, -0.15) is 0 Å². The number of fused-ring (bicyclic) bond motifs is 1. The standard InChI is InChI=1S/C21H30N2O6/c1-3-23(16(2)11-17-7-8-18-19(12-17)27-14-26-18)21(25)29-15-28-20(24)13-22-9-5-4-6-10-22/h7-8,12,16H,3-6,9-11,13-15H2,1-2H3. The molecule has 1 atom stereocenters. The van der Waals surface area contributed by atoms with Gasteiger partial charge in [0, 0.05) is 12.6 Å². The van der Waals surface area contributed by atoms with Gasteiger partial charge in [0.15, 0.2) is 11.5 Å². The Morgan fingerprint density at radius 2 is 1.90 bits per heavy atom. The van der Waals surface area contributed by atoms with Gasteiger partial charge in [0.1, 0.15) is 0 Å². The minimum Gasteiger partial charge on any atom is -0.454 e. The molecular weight excluding hydrogens is 376 g/mol. The number of carbonyl (C=O) groups is 2. The molecule has 0 spiro atoms. The Morgan fingerprint density at radius 3 is 2.66 bits per heavy atom. The van der Waals surface area contributed by atoms with Crippen molar-refractivity contribution < 1.29 is 28.5 Å². The molecule has 1 aromatic carbocycles. The summed E-state index contributed by atoms with van der Waals surface area (Å²) < 4.78 is 21.0. The predicted molar refractivity (Wildman–Crippen MR) is 106 cm³/mol. The molecule has 0 radical (unpaired) electrons. The summed E-state index contributed by atoms with van der Waals surface area (Å²) in [4.78, 5) is 28.0. The summed E-state index contributed by atoms with van der Waals surface area (Å²) in [5, 5.41) is 0. The van der Waals surface area contributed by atoms with Crippen LogP contribution in [-0.2, 0) is 20.7 Å². The van der Waals surface area contributed by atoms with E-state index >= 15 is 0 Å². The van der Waals surface area contributed by atoms with Crippen LogP contribution in [0.15, 0.2) is 18.2 Å². The zero-order valence-corrected chi connectivity index (χ0v) is 17.2. The highest BCUT2D eigenvalue weighted by Crippen LogP contribution is 2.33. The molecule has 29 heavy (non-hydrogen) atoms. The number of rotatable bonds is 8. The van der Waals surface area contributed by atoms with Gasteiger partial charge in [-0.15, -0.1) is 0 Å². The van der Waals surface area contributed by atoms with E-state index in [1.54, 1.807) is 4.90 Å². The average molecular weight is 406 g/mol. The van der Waals surface area contributed by atoms with Gasteiger partial charge >= 0.3 is 12.1 Å². The smallest absolute Gasteiger partial charge is 0.412 e. The largest absolute Gasteiger partial charge is 0.454 e. The van der Waals surface area contributed by atoms with Gasteiger partial charge < -0.3 is 23.8 Å². The number of likely N-dealkylation sites (tertiary alicyclic amines) is 1. The summed E-state index contributed by atoms with van der Waals surface area (Å²) in [6.07, 6.45) is 3.57. The molecule has 0 N–H and O–H groups in total. The Labute approximate surface area is 171 Å². The van der Waals surface area contributed by atoms with Gasteiger partial charge in [0.2, 0.25) is 13.6 Å². The lowest BCUT2D eigenvalue weighted by Crippen LogP contribution is -2.40. The Bertz CT molecular complexity index is 704. The molecule has 2 aliphatic heterocycles. The monoisotopic (exact) mass is 406 g/mol. The fourth-order valence-corrected chi connectivity index (χ4v) is 3.71. The van der Waals surface area contributed by atoms with Crippen LogP contribution in [0.4, 0.5) is 4.79 Å². The highest BCUT2D eigenvalue weighted by Gasteiger charge is 2.22. The zero-order valence-electron chi connectivity index (χ0n) is 17.2. The van der Waals surface area contributed by atoms with Gasteiger partial charge in [-0.3, -0.25) is 9.69 Å². The molecule has 8 nitrogen and oxygen atoms in total. The van der Waals surface area contributed by atoms with Crippen LogP contribution in [0.3, 0.4) is 0 Å². The number of piperidine rings is 1. The van der Waals surface area contributed by atoms with Gasteiger partial charge in [-0.25, -0.2) is 4.79 Å². The number of ether oxygens (including phenoxy) is 4. The lowest BCUT2D eigenvalue weighted by molar-refractivity contribution is -0.154. The van der Waals surface area contributed by atoms with Crippen molar-refractivity contribution in [3.8, 4) is 11.5 Å². The maximum absolute atomic E-state index is 12.4. The SMILES string of the molecule is CCN(C(=O)OCOC(=O)CN1CCCCC1)C(C)Cc1ccc2c(c1)OCO2. The molecule has 1 fully saturated rings. The van der Waals surface area contributed by atoms with Crippen LogP contribution in [0, 0.1) is 0 Å². The van der Waals surface area contributed by atoms with E-state index in [9.17, 15) is 9.59 Å². The van der Waals surface area contributed by atoms with Crippen molar-refractivity contribution in [1.29, 1.82) is 0 Å². The molecule has 1 aromatic rings. The first-order chi connectivity index (χ1) is 14.1. The van der Waals surface area contributed by atoms with Crippen molar-refractivity contribution in [2.45, 2.75) is 45.6 Å². The third-order valence-electron chi connectivity index (χ3n) is 5.28. The van der Waals surface area contributed by atoms with Crippen LogP contribution < -0.4 is 9.47 Å². The first-order valence-corrected chi connectivity index (χ1v) is 10.3. The van der Waals surface area contributed by atoms with Crippen LogP contribution in [0.1, 0.15) is 38.7 Å². The number of amides is 1. The van der Waals surface area contributed by atoms with E-state index in [4.69, 9.17) is 18.9 Å². The zero-order chi connectivity index (χ0) is 20.6. The van der Waals surface area contributed by atoms with Crippen molar-refractivity contribution >= 4 is 12.1 Å². The molecule has 2 aliphatic rings. The molecule has 8 heteroatoms. The van der Waals surface area contributed by atoms with E-state index < -0.39 is 6.09 Å². The van der Waals surface area contributed by atoms with E-state index in [1.807, 2.05) is 32.0 Å². The highest BCUT2D eigenvalue weighted by molar-refractivity contribution is 5.72. The molecular formula is C21H30N2O6. The first kappa shape index (κ1) is 21.2. The topological polar surface area (TPSA) is 77.5 Å². The normalized spacial score (nSPS) is 16.9. The molecule has 0 aliphatic carbocycles. The molecule has 3 rings (SSSR count). The van der Waals surface area contributed by atoms with Crippen molar-refractivity contribution in [3.63, 3.8) is 0 Å². The van der Waals surface area contributed by atoms with E-state index in [1.165, 1.54) is 6.42 Å². The lowest BCUT2D eigenvalue weighted by Gasteiger charge is -2.27. The minimum absolute atomic E-state index is 0.0862. The number of esters is 1. The Hall–Kier alpha value is -2.48. The summed E-state index contributed by atoms with van der Waals surface area (Å²) in [7, 11) is 0. The molecule has 0 saturated carbocycles. The van der Waals surface area contributed by atoms with E-state index in [0.29, 0.717) is 13.0 Å². The third-order valence-corrected chi connectivity index (χ3v) is 5.28. The highest BCUT2D eigenvalue weighted by atomic mass is 16.7. The van der Waals surface area contributed by atoms with E-state index in [0.717, 1.165) is 43.0 Å². The second-order valence-electron chi connectivity index (χ2n) is 7.41. The number of hydrogen-bond acceptors (Lipinski definition) is 7. The summed E-state index contributed by atoms with van der Waals surface area (Å²) in [5.41, 5.74) is 1.04. The Balaban J connectivity index is 1.42. The van der Waals surface area contributed by atoms with Gasteiger partial charge in [-0.05, 0) is 63.9 Å².